The molecule has 1 rings (SSSR count). The van der Waals surface area contributed by atoms with Crippen molar-refractivity contribution in [1.29, 1.82) is 0 Å². The smallest absolute Gasteiger partial charge is 0.241 e. The van der Waals surface area contributed by atoms with E-state index in [1.807, 2.05) is 6.92 Å². The molecule has 0 spiro atoms. The van der Waals surface area contributed by atoms with Crippen LogP contribution in [0.15, 0.2) is 6.20 Å². The predicted octanol–water partition coefficient (Wildman–Crippen LogP) is 1.70. The van der Waals surface area contributed by atoms with Gasteiger partial charge in [-0.15, -0.1) is 0 Å². The molecule has 0 unspecified atom stereocenters. The van der Waals surface area contributed by atoms with Crippen LogP contribution < -0.4 is 4.90 Å². The predicted molar refractivity (Wildman–Crippen MR) is 68.6 cm³/mol. The topological polar surface area (TPSA) is 49.3 Å². The number of nitrogens with zero attached hydrogens (tertiary/aromatic N) is 4. The van der Waals surface area contributed by atoms with Crippen molar-refractivity contribution < 1.29 is 4.79 Å². The second kappa shape index (κ2) is 6.02. The number of aromatic nitrogens is 2. The van der Waals surface area contributed by atoms with E-state index in [0.717, 1.165) is 0 Å². The molecule has 17 heavy (non-hydrogen) atoms. The number of rotatable bonds is 4. The molecular weight excluding hydrogens is 263 g/mol. The van der Waals surface area contributed by atoms with Gasteiger partial charge < -0.3 is 9.80 Å². The summed E-state index contributed by atoms with van der Waals surface area (Å²) >= 11 is 11.7. The van der Waals surface area contributed by atoms with Crippen molar-refractivity contribution in [1.82, 2.24) is 14.9 Å². The van der Waals surface area contributed by atoms with Gasteiger partial charge >= 0.3 is 0 Å². The summed E-state index contributed by atoms with van der Waals surface area (Å²) in [4.78, 5) is 22.7. The molecule has 0 aliphatic carbocycles. The van der Waals surface area contributed by atoms with Gasteiger partial charge in [0, 0.05) is 20.6 Å². The normalized spacial score (nSPS) is 10.2. The molecule has 0 aliphatic heterocycles. The number of likely N-dealkylation sites (N-methyl/N-ethyl adjacent to an activating group) is 2. The van der Waals surface area contributed by atoms with Gasteiger partial charge in [-0.2, -0.15) is 4.98 Å². The Bertz CT molecular complexity index is 411. The first-order valence-electron chi connectivity index (χ1n) is 5.08. The third kappa shape index (κ3) is 3.71. The number of carbonyl (C=O) groups excluding carboxylic acids is 1. The maximum atomic E-state index is 11.6. The monoisotopic (exact) mass is 276 g/mol. The molecule has 7 heteroatoms. The van der Waals surface area contributed by atoms with E-state index in [-0.39, 0.29) is 17.7 Å². The number of amides is 1. The van der Waals surface area contributed by atoms with E-state index in [1.54, 1.807) is 19.0 Å². The van der Waals surface area contributed by atoms with Crippen LogP contribution in [0, 0.1) is 0 Å². The van der Waals surface area contributed by atoms with Gasteiger partial charge in [0.05, 0.1) is 12.7 Å². The van der Waals surface area contributed by atoms with Gasteiger partial charge in [-0.25, -0.2) is 4.98 Å². The molecule has 1 aromatic heterocycles. The SMILES string of the molecule is CCN(CC(=O)N(C)C)c1nc(Cl)ncc1Cl. The molecule has 0 N–H and O–H groups in total. The fourth-order valence-corrected chi connectivity index (χ4v) is 1.54. The third-order valence-electron chi connectivity index (χ3n) is 2.20. The second-order valence-electron chi connectivity index (χ2n) is 3.61. The Kier molecular flexibility index (Phi) is 4.96. The lowest BCUT2D eigenvalue weighted by Gasteiger charge is -2.23. The average Bonchev–Trinajstić information content (AvgIpc) is 2.29. The van der Waals surface area contributed by atoms with Crippen LogP contribution >= 0.6 is 23.2 Å². The Hall–Kier alpha value is -1.07. The van der Waals surface area contributed by atoms with Crippen molar-refractivity contribution in [3.8, 4) is 0 Å². The van der Waals surface area contributed by atoms with Gasteiger partial charge in [0.2, 0.25) is 11.2 Å². The molecule has 1 heterocycles. The van der Waals surface area contributed by atoms with Crippen LogP contribution in [0.3, 0.4) is 0 Å². The number of anilines is 1. The first-order valence-corrected chi connectivity index (χ1v) is 5.84. The molecule has 5 nitrogen and oxygen atoms in total. The van der Waals surface area contributed by atoms with Crippen molar-refractivity contribution in [3.63, 3.8) is 0 Å². The van der Waals surface area contributed by atoms with Crippen molar-refractivity contribution in [3.05, 3.63) is 16.5 Å². The van der Waals surface area contributed by atoms with Gasteiger partial charge in [0.15, 0.2) is 5.82 Å². The van der Waals surface area contributed by atoms with Crippen LogP contribution in [0.2, 0.25) is 10.3 Å². The third-order valence-corrected chi connectivity index (χ3v) is 2.65. The molecule has 1 amide bonds. The van der Waals surface area contributed by atoms with Gasteiger partial charge in [0.25, 0.3) is 0 Å². The summed E-state index contributed by atoms with van der Waals surface area (Å²) in [5.41, 5.74) is 0. The van der Waals surface area contributed by atoms with E-state index in [1.165, 1.54) is 11.1 Å². The second-order valence-corrected chi connectivity index (χ2v) is 4.36. The number of hydrogen-bond acceptors (Lipinski definition) is 4. The molecule has 0 saturated carbocycles. The lowest BCUT2D eigenvalue weighted by atomic mass is 10.4. The number of halogens is 2. The van der Waals surface area contributed by atoms with Crippen LogP contribution in [0.5, 0.6) is 0 Å². The summed E-state index contributed by atoms with van der Waals surface area (Å²) in [5.74, 6) is 0.446. The minimum Gasteiger partial charge on any atom is -0.347 e. The highest BCUT2D eigenvalue weighted by molar-refractivity contribution is 6.33. The molecule has 0 aromatic carbocycles. The largest absolute Gasteiger partial charge is 0.347 e. The lowest BCUT2D eigenvalue weighted by molar-refractivity contribution is -0.127. The van der Waals surface area contributed by atoms with E-state index < -0.39 is 0 Å². The Labute approximate surface area is 110 Å². The molecule has 94 valence electrons. The summed E-state index contributed by atoms with van der Waals surface area (Å²) in [7, 11) is 3.40. The van der Waals surface area contributed by atoms with Crippen molar-refractivity contribution in [2.24, 2.45) is 0 Å². The van der Waals surface area contributed by atoms with E-state index >= 15 is 0 Å². The highest BCUT2D eigenvalue weighted by Crippen LogP contribution is 2.23. The van der Waals surface area contributed by atoms with Crippen LogP contribution in [0.25, 0.3) is 0 Å². The Morgan fingerprint density at radius 3 is 2.59 bits per heavy atom. The van der Waals surface area contributed by atoms with E-state index in [9.17, 15) is 4.79 Å². The summed E-state index contributed by atoms with van der Waals surface area (Å²) in [6.07, 6.45) is 1.43. The zero-order valence-electron chi connectivity index (χ0n) is 9.94. The minimum atomic E-state index is -0.0300. The van der Waals surface area contributed by atoms with Gasteiger partial charge in [-0.05, 0) is 18.5 Å². The number of carbonyl (C=O) groups is 1. The highest BCUT2D eigenvalue weighted by Gasteiger charge is 2.16. The average molecular weight is 277 g/mol. The summed E-state index contributed by atoms with van der Waals surface area (Å²) in [5, 5.41) is 0.489. The summed E-state index contributed by atoms with van der Waals surface area (Å²) in [6, 6.07) is 0. The molecule has 0 fully saturated rings. The van der Waals surface area contributed by atoms with Crippen LogP contribution in [0.4, 0.5) is 5.82 Å². The van der Waals surface area contributed by atoms with Crippen LogP contribution in [-0.4, -0.2) is 48.0 Å². The Morgan fingerprint density at radius 2 is 2.06 bits per heavy atom. The Balaban J connectivity index is 2.93. The molecular formula is C10H14Cl2N4O. The van der Waals surface area contributed by atoms with Crippen LogP contribution in [-0.2, 0) is 4.79 Å². The molecule has 0 aliphatic rings. The van der Waals surface area contributed by atoms with E-state index in [2.05, 4.69) is 9.97 Å². The zero-order chi connectivity index (χ0) is 13.0. The standard InChI is InChI=1S/C10H14Cl2N4O/c1-4-16(6-8(17)15(2)3)9-7(11)5-13-10(12)14-9/h5H,4,6H2,1-3H3. The highest BCUT2D eigenvalue weighted by atomic mass is 35.5. The lowest BCUT2D eigenvalue weighted by Crippen LogP contribution is -2.37. The van der Waals surface area contributed by atoms with Gasteiger partial charge in [0.1, 0.15) is 5.02 Å². The maximum Gasteiger partial charge on any atom is 0.241 e. The van der Waals surface area contributed by atoms with Crippen molar-refractivity contribution >= 4 is 34.9 Å². The quantitative estimate of drug-likeness (QED) is 0.786. The molecule has 0 atom stereocenters. The zero-order valence-corrected chi connectivity index (χ0v) is 11.5. The molecule has 0 saturated heterocycles. The molecule has 0 bridgehead atoms. The number of hydrogen-bond donors (Lipinski definition) is 0. The van der Waals surface area contributed by atoms with Crippen LogP contribution in [0.1, 0.15) is 6.92 Å². The minimum absolute atomic E-state index is 0.0300. The fourth-order valence-electron chi connectivity index (χ4n) is 1.20. The summed E-state index contributed by atoms with van der Waals surface area (Å²) in [6.45, 7) is 2.72. The first-order chi connectivity index (χ1) is 7.95. The molecule has 1 aromatic rings. The fraction of sp³-hybridized carbons (Fsp3) is 0.500. The van der Waals surface area contributed by atoms with E-state index in [0.29, 0.717) is 17.4 Å². The van der Waals surface area contributed by atoms with Crippen molar-refractivity contribution in [2.75, 3.05) is 32.1 Å². The van der Waals surface area contributed by atoms with Gasteiger partial charge in [-0.1, -0.05) is 11.6 Å². The Morgan fingerprint density at radius 1 is 1.41 bits per heavy atom. The summed E-state index contributed by atoms with van der Waals surface area (Å²) < 4.78 is 0. The molecule has 0 radical (unpaired) electrons. The first kappa shape index (κ1) is 14.0. The van der Waals surface area contributed by atoms with E-state index in [4.69, 9.17) is 23.2 Å². The maximum absolute atomic E-state index is 11.6. The van der Waals surface area contributed by atoms with Crippen molar-refractivity contribution in [2.45, 2.75) is 6.92 Å². The van der Waals surface area contributed by atoms with Gasteiger partial charge in [-0.3, -0.25) is 4.79 Å².